The maximum absolute atomic E-state index is 11.3. The molecule has 1 aliphatic heterocycles. The second kappa shape index (κ2) is 3.94. The molecule has 1 fully saturated rings. The molecule has 0 aliphatic carbocycles. The molecule has 2 amide bonds. The highest BCUT2D eigenvalue weighted by molar-refractivity contribution is 8.00. The molecule has 1 atom stereocenters. The van der Waals surface area contributed by atoms with Gasteiger partial charge in [0.1, 0.15) is 0 Å². The Labute approximate surface area is 91.2 Å². The molecule has 4 nitrogen and oxygen atoms in total. The molecule has 0 aromatic heterocycles. The molecule has 3 N–H and O–H groups in total. The molecule has 0 bridgehead atoms. The Morgan fingerprint density at radius 3 is 2.80 bits per heavy atom. The van der Waals surface area contributed by atoms with E-state index in [0.717, 1.165) is 4.90 Å². The van der Waals surface area contributed by atoms with Crippen LogP contribution in [0.5, 0.6) is 0 Å². The number of rotatable bonds is 2. The van der Waals surface area contributed by atoms with Crippen LogP contribution in [-0.2, 0) is 9.59 Å². The number of hydrogen-bond donors (Lipinski definition) is 2. The highest BCUT2D eigenvalue weighted by Gasteiger charge is 2.31. The second-order valence-electron chi connectivity index (χ2n) is 3.30. The van der Waals surface area contributed by atoms with E-state index in [1.807, 2.05) is 12.1 Å². The first-order chi connectivity index (χ1) is 7.15. The van der Waals surface area contributed by atoms with Gasteiger partial charge in [0, 0.05) is 17.0 Å². The molecule has 2 rings (SSSR count). The van der Waals surface area contributed by atoms with Crippen molar-refractivity contribution in [1.82, 2.24) is 5.32 Å². The molecule has 1 unspecified atom stereocenters. The maximum Gasteiger partial charge on any atom is 0.240 e. The smallest absolute Gasteiger partial charge is 0.240 e. The number of thioether (sulfide) groups is 1. The molecule has 5 heteroatoms. The number of hydrogen-bond acceptors (Lipinski definition) is 4. The van der Waals surface area contributed by atoms with Crippen molar-refractivity contribution in [3.05, 3.63) is 24.3 Å². The summed E-state index contributed by atoms with van der Waals surface area (Å²) in [6, 6.07) is 7.27. The highest BCUT2D eigenvalue weighted by Crippen LogP contribution is 2.28. The first kappa shape index (κ1) is 10.0. The molecular weight excluding hydrogens is 212 g/mol. The summed E-state index contributed by atoms with van der Waals surface area (Å²) >= 11 is 1.36. The van der Waals surface area contributed by atoms with Crippen molar-refractivity contribution in [3.63, 3.8) is 0 Å². The Morgan fingerprint density at radius 1 is 1.40 bits per heavy atom. The molecule has 1 saturated heterocycles. The van der Waals surface area contributed by atoms with Gasteiger partial charge < -0.3 is 5.73 Å². The maximum atomic E-state index is 11.3. The number of amides is 2. The van der Waals surface area contributed by atoms with Gasteiger partial charge >= 0.3 is 0 Å². The van der Waals surface area contributed by atoms with Gasteiger partial charge in [-0.3, -0.25) is 14.9 Å². The molecule has 1 aliphatic rings. The normalized spacial score (nSPS) is 20.4. The first-order valence-corrected chi connectivity index (χ1v) is 5.39. The van der Waals surface area contributed by atoms with E-state index >= 15 is 0 Å². The molecular formula is C10H10N2O2S. The van der Waals surface area contributed by atoms with Crippen molar-refractivity contribution in [2.75, 3.05) is 5.73 Å². The van der Waals surface area contributed by atoms with Gasteiger partial charge in [-0.1, -0.05) is 6.07 Å². The number of nitrogens with one attached hydrogen (secondary N) is 1. The summed E-state index contributed by atoms with van der Waals surface area (Å²) in [6.07, 6.45) is 0.248. The van der Waals surface area contributed by atoms with Crippen molar-refractivity contribution < 1.29 is 9.59 Å². The zero-order valence-electron chi connectivity index (χ0n) is 7.90. The number of carbonyl (C=O) groups is 2. The van der Waals surface area contributed by atoms with Gasteiger partial charge in [0.2, 0.25) is 11.8 Å². The number of benzene rings is 1. The summed E-state index contributed by atoms with van der Waals surface area (Å²) in [5.74, 6) is -0.422. The molecule has 1 heterocycles. The lowest BCUT2D eigenvalue weighted by Gasteiger charge is -2.05. The summed E-state index contributed by atoms with van der Waals surface area (Å²) in [7, 11) is 0. The Hall–Kier alpha value is -1.49. The topological polar surface area (TPSA) is 72.2 Å². The Kier molecular flexibility index (Phi) is 2.64. The van der Waals surface area contributed by atoms with Crippen LogP contribution in [0.25, 0.3) is 0 Å². The SMILES string of the molecule is Nc1cccc(SC2CC(=O)NC2=O)c1. The van der Waals surface area contributed by atoms with E-state index in [0.29, 0.717) is 5.69 Å². The number of nitrogens with two attached hydrogens (primary N) is 1. The largest absolute Gasteiger partial charge is 0.399 e. The van der Waals surface area contributed by atoms with E-state index in [1.54, 1.807) is 12.1 Å². The first-order valence-electron chi connectivity index (χ1n) is 4.51. The van der Waals surface area contributed by atoms with Gasteiger partial charge in [0.15, 0.2) is 0 Å². The fraction of sp³-hybridized carbons (Fsp3) is 0.200. The van der Waals surface area contributed by atoms with Crippen molar-refractivity contribution in [2.45, 2.75) is 16.6 Å². The Bertz CT molecular complexity index is 420. The van der Waals surface area contributed by atoms with E-state index in [1.165, 1.54) is 11.8 Å². The van der Waals surface area contributed by atoms with Gasteiger partial charge in [-0.25, -0.2) is 0 Å². The Balaban J connectivity index is 2.09. The lowest BCUT2D eigenvalue weighted by atomic mass is 10.3. The standard InChI is InChI=1S/C10H10N2O2S/c11-6-2-1-3-7(4-6)15-8-5-9(13)12-10(8)14/h1-4,8H,5,11H2,(H,12,13,14). The zero-order valence-corrected chi connectivity index (χ0v) is 8.71. The number of nitrogen functional groups attached to an aromatic ring is 1. The van der Waals surface area contributed by atoms with E-state index in [4.69, 9.17) is 5.73 Å². The van der Waals surface area contributed by atoms with Crippen molar-refractivity contribution in [3.8, 4) is 0 Å². The van der Waals surface area contributed by atoms with E-state index in [-0.39, 0.29) is 23.5 Å². The zero-order chi connectivity index (χ0) is 10.8. The predicted octanol–water partition coefficient (Wildman–Crippen LogP) is 0.776. The summed E-state index contributed by atoms with van der Waals surface area (Å²) in [5, 5.41) is 1.95. The van der Waals surface area contributed by atoms with Crippen LogP contribution in [0.2, 0.25) is 0 Å². The summed E-state index contributed by atoms with van der Waals surface area (Å²) in [4.78, 5) is 23.1. The third-order valence-corrected chi connectivity index (χ3v) is 3.25. The third-order valence-electron chi connectivity index (χ3n) is 2.06. The number of carbonyl (C=O) groups excluding carboxylic acids is 2. The van der Waals surface area contributed by atoms with E-state index in [2.05, 4.69) is 5.32 Å². The molecule has 0 spiro atoms. The second-order valence-corrected chi connectivity index (χ2v) is 4.57. The average Bonchev–Trinajstić information content (AvgIpc) is 2.45. The third kappa shape index (κ3) is 2.30. The van der Waals surface area contributed by atoms with Gasteiger partial charge in [-0.15, -0.1) is 11.8 Å². The number of imide groups is 1. The van der Waals surface area contributed by atoms with Gasteiger partial charge in [-0.2, -0.15) is 0 Å². The Morgan fingerprint density at radius 2 is 2.20 bits per heavy atom. The predicted molar refractivity (Wildman–Crippen MR) is 58.3 cm³/mol. The summed E-state index contributed by atoms with van der Waals surface area (Å²) in [5.41, 5.74) is 6.27. The summed E-state index contributed by atoms with van der Waals surface area (Å²) in [6.45, 7) is 0. The molecule has 1 aromatic carbocycles. The summed E-state index contributed by atoms with van der Waals surface area (Å²) < 4.78 is 0. The van der Waals surface area contributed by atoms with Crippen molar-refractivity contribution in [2.24, 2.45) is 0 Å². The van der Waals surface area contributed by atoms with Crippen molar-refractivity contribution in [1.29, 1.82) is 0 Å². The fourth-order valence-electron chi connectivity index (χ4n) is 1.38. The monoisotopic (exact) mass is 222 g/mol. The molecule has 0 radical (unpaired) electrons. The lowest BCUT2D eigenvalue weighted by Crippen LogP contribution is -2.22. The molecule has 1 aromatic rings. The minimum absolute atomic E-state index is 0.207. The van der Waals surface area contributed by atoms with Crippen LogP contribution in [0.3, 0.4) is 0 Å². The molecule has 0 saturated carbocycles. The van der Waals surface area contributed by atoms with Crippen molar-refractivity contribution >= 4 is 29.3 Å². The van der Waals surface area contributed by atoms with Crippen LogP contribution in [0.15, 0.2) is 29.2 Å². The van der Waals surface area contributed by atoms with E-state index < -0.39 is 0 Å². The van der Waals surface area contributed by atoms with Gasteiger partial charge in [0.25, 0.3) is 0 Å². The molecule has 15 heavy (non-hydrogen) atoms. The van der Waals surface area contributed by atoms with E-state index in [9.17, 15) is 9.59 Å². The lowest BCUT2D eigenvalue weighted by molar-refractivity contribution is -0.124. The fourth-order valence-corrected chi connectivity index (χ4v) is 2.47. The minimum atomic E-state index is -0.320. The van der Waals surface area contributed by atoms with Crippen LogP contribution in [0.4, 0.5) is 5.69 Å². The minimum Gasteiger partial charge on any atom is -0.399 e. The number of anilines is 1. The average molecular weight is 222 g/mol. The quantitative estimate of drug-likeness (QED) is 0.573. The van der Waals surface area contributed by atoms with Gasteiger partial charge in [0.05, 0.1) is 5.25 Å². The van der Waals surface area contributed by atoms with Crippen LogP contribution in [-0.4, -0.2) is 17.1 Å². The molecule has 78 valence electrons. The van der Waals surface area contributed by atoms with Crippen LogP contribution in [0.1, 0.15) is 6.42 Å². The van der Waals surface area contributed by atoms with Crippen LogP contribution in [0, 0.1) is 0 Å². The van der Waals surface area contributed by atoms with Gasteiger partial charge in [-0.05, 0) is 18.2 Å². The highest BCUT2D eigenvalue weighted by atomic mass is 32.2. The van der Waals surface area contributed by atoms with Crippen LogP contribution >= 0.6 is 11.8 Å². The van der Waals surface area contributed by atoms with Crippen LogP contribution < -0.4 is 11.1 Å².